The molecule has 11 nitrogen and oxygen atoms in total. The summed E-state index contributed by atoms with van der Waals surface area (Å²) >= 11 is 6.12. The number of pyridine rings is 1. The van der Waals surface area contributed by atoms with Crippen molar-refractivity contribution in [2.24, 2.45) is 0 Å². The number of hydrogen-bond acceptors (Lipinski definition) is 9. The smallest absolute Gasteiger partial charge is 0.439 e. The van der Waals surface area contributed by atoms with Gasteiger partial charge in [-0.05, 0) is 44.5 Å². The number of aromatic nitrogens is 5. The number of anilines is 1. The summed E-state index contributed by atoms with van der Waals surface area (Å²) in [7, 11) is 0. The lowest BCUT2D eigenvalue weighted by Gasteiger charge is -2.27. The molecule has 1 fully saturated rings. The van der Waals surface area contributed by atoms with Gasteiger partial charge in [-0.15, -0.1) is 0 Å². The zero-order valence-electron chi connectivity index (χ0n) is 20.8. The molecule has 12 heteroatoms. The van der Waals surface area contributed by atoms with Gasteiger partial charge in [0.25, 0.3) is 0 Å². The number of halogens is 1. The van der Waals surface area contributed by atoms with Gasteiger partial charge in [0.05, 0.1) is 34.9 Å². The van der Waals surface area contributed by atoms with Gasteiger partial charge in [-0.2, -0.15) is 5.10 Å². The minimum Gasteiger partial charge on any atom is -0.455 e. The Kier molecular flexibility index (Phi) is 5.88. The fourth-order valence-electron chi connectivity index (χ4n) is 4.66. The molecule has 1 aromatic carbocycles. The molecule has 5 heterocycles. The predicted molar refractivity (Wildman–Crippen MR) is 142 cm³/mol. The van der Waals surface area contributed by atoms with E-state index in [4.69, 9.17) is 16.0 Å². The van der Waals surface area contributed by atoms with E-state index >= 15 is 0 Å². The highest BCUT2D eigenvalue weighted by Crippen LogP contribution is 2.34. The van der Waals surface area contributed by atoms with E-state index < -0.39 is 5.76 Å². The van der Waals surface area contributed by atoms with Crippen molar-refractivity contribution in [3.05, 3.63) is 79.3 Å². The Morgan fingerprint density at radius 1 is 1.21 bits per heavy atom. The minimum atomic E-state index is -0.702. The Morgan fingerprint density at radius 3 is 2.74 bits per heavy atom. The summed E-state index contributed by atoms with van der Waals surface area (Å²) in [5.41, 5.74) is 4.25. The molecule has 194 valence electrons. The molecular formula is C26H24ClN7O4. The molecule has 0 radical (unpaired) electrons. The van der Waals surface area contributed by atoms with Gasteiger partial charge in [0.2, 0.25) is 5.82 Å². The first kappa shape index (κ1) is 24.1. The molecule has 1 aliphatic rings. The van der Waals surface area contributed by atoms with E-state index in [9.17, 15) is 9.59 Å². The van der Waals surface area contributed by atoms with Gasteiger partial charge in [-0.1, -0.05) is 22.8 Å². The van der Waals surface area contributed by atoms with Crippen LogP contribution in [0.3, 0.4) is 0 Å². The number of rotatable bonds is 6. The van der Waals surface area contributed by atoms with Crippen molar-refractivity contribution in [2.45, 2.75) is 32.9 Å². The summed E-state index contributed by atoms with van der Waals surface area (Å²) in [6.45, 7) is 7.37. The quantitative estimate of drug-likeness (QED) is 0.276. The molecule has 4 aromatic heterocycles. The maximum absolute atomic E-state index is 13.5. The summed E-state index contributed by atoms with van der Waals surface area (Å²) in [5.74, 6) is -0.0659. The molecule has 5 aromatic rings. The van der Waals surface area contributed by atoms with Crippen LogP contribution in [-0.4, -0.2) is 38.0 Å². The third-order valence-corrected chi connectivity index (χ3v) is 6.96. The second-order valence-corrected chi connectivity index (χ2v) is 9.86. The van der Waals surface area contributed by atoms with E-state index in [0.717, 1.165) is 29.8 Å². The van der Waals surface area contributed by atoms with Crippen LogP contribution < -0.4 is 21.8 Å². The lowest BCUT2D eigenvalue weighted by atomic mass is 9.99. The molecule has 0 spiro atoms. The van der Waals surface area contributed by atoms with E-state index in [1.807, 2.05) is 36.9 Å². The summed E-state index contributed by atoms with van der Waals surface area (Å²) < 4.78 is 13.0. The maximum Gasteiger partial charge on any atom is 0.439 e. The standard InChI is InChI=1S/C26H24ClN7O4/c1-12-6-17(14(3)30-19-4-5-20(27)31-21(19)25-32-26(36)38-33-25)24-18(7-12)22(35)13(2)23(37-24)15-8-29-34(11-15)16-9-28-10-16/h4-8,11,14,16,28,30H,9-10H2,1-3H3,(H,32,33,36). The highest BCUT2D eigenvalue weighted by Gasteiger charge is 2.23. The molecule has 1 aliphatic heterocycles. The van der Waals surface area contributed by atoms with Crippen LogP contribution in [0.25, 0.3) is 33.8 Å². The zero-order chi connectivity index (χ0) is 26.6. The molecule has 0 saturated carbocycles. The number of benzene rings is 1. The van der Waals surface area contributed by atoms with Crippen molar-refractivity contribution in [3.63, 3.8) is 0 Å². The van der Waals surface area contributed by atoms with Crippen LogP contribution in [0, 0.1) is 13.8 Å². The molecule has 1 saturated heterocycles. The molecule has 38 heavy (non-hydrogen) atoms. The van der Waals surface area contributed by atoms with Crippen molar-refractivity contribution < 1.29 is 8.94 Å². The van der Waals surface area contributed by atoms with E-state index in [1.165, 1.54) is 0 Å². The third-order valence-electron chi connectivity index (χ3n) is 6.75. The number of fused-ring (bicyclic) bond motifs is 1. The minimum absolute atomic E-state index is 0.0921. The monoisotopic (exact) mass is 533 g/mol. The Hall–Kier alpha value is -4.22. The van der Waals surface area contributed by atoms with Gasteiger partial charge in [0, 0.05) is 30.4 Å². The van der Waals surface area contributed by atoms with E-state index in [2.05, 4.69) is 35.4 Å². The normalized spacial score (nSPS) is 14.5. The number of aryl methyl sites for hydroxylation is 1. The number of nitrogens with one attached hydrogen (secondary N) is 3. The second kappa shape index (κ2) is 9.26. The van der Waals surface area contributed by atoms with Gasteiger partial charge >= 0.3 is 5.76 Å². The predicted octanol–water partition coefficient (Wildman–Crippen LogP) is 3.98. The molecular weight excluding hydrogens is 510 g/mol. The molecule has 1 atom stereocenters. The molecule has 3 N–H and O–H groups in total. The van der Waals surface area contributed by atoms with Crippen LogP contribution in [0.1, 0.15) is 35.7 Å². The Labute approximate surface area is 220 Å². The van der Waals surface area contributed by atoms with Crippen molar-refractivity contribution in [2.75, 3.05) is 18.4 Å². The van der Waals surface area contributed by atoms with Crippen LogP contribution in [-0.2, 0) is 0 Å². The first-order chi connectivity index (χ1) is 18.3. The second-order valence-electron chi connectivity index (χ2n) is 9.48. The van der Waals surface area contributed by atoms with Crippen LogP contribution in [0.2, 0.25) is 5.15 Å². The number of hydrogen-bond donors (Lipinski definition) is 3. The van der Waals surface area contributed by atoms with Gasteiger partial charge in [0.15, 0.2) is 5.43 Å². The van der Waals surface area contributed by atoms with E-state index in [1.54, 1.807) is 25.3 Å². The molecule has 1 unspecified atom stereocenters. The SMILES string of the molecule is Cc1cc(C(C)Nc2ccc(Cl)nc2-c2noc(=O)[nH]2)c2oc(-c3cnn(C4CNC4)c3)c(C)c(=O)c2c1. The van der Waals surface area contributed by atoms with Gasteiger partial charge in [0.1, 0.15) is 22.2 Å². The summed E-state index contributed by atoms with van der Waals surface area (Å²) in [6.07, 6.45) is 3.65. The van der Waals surface area contributed by atoms with Crippen LogP contribution in [0.15, 0.2) is 55.2 Å². The van der Waals surface area contributed by atoms with Crippen LogP contribution >= 0.6 is 11.6 Å². The zero-order valence-corrected chi connectivity index (χ0v) is 21.6. The Bertz CT molecular complexity index is 1800. The van der Waals surface area contributed by atoms with Crippen molar-refractivity contribution in [1.82, 2.24) is 30.2 Å². The fourth-order valence-corrected chi connectivity index (χ4v) is 4.80. The van der Waals surface area contributed by atoms with Gasteiger partial charge in [-0.3, -0.25) is 19.0 Å². The summed E-state index contributed by atoms with van der Waals surface area (Å²) in [5, 5.41) is 15.6. The number of nitrogens with zero attached hydrogens (tertiary/aromatic N) is 4. The Balaban J connectivity index is 1.44. The topological polar surface area (TPSA) is 144 Å². The summed E-state index contributed by atoms with van der Waals surface area (Å²) in [4.78, 5) is 31.9. The number of aromatic amines is 1. The Morgan fingerprint density at radius 2 is 2.03 bits per heavy atom. The average molecular weight is 534 g/mol. The highest BCUT2D eigenvalue weighted by molar-refractivity contribution is 6.29. The summed E-state index contributed by atoms with van der Waals surface area (Å²) in [6, 6.07) is 7.14. The first-order valence-corrected chi connectivity index (χ1v) is 12.5. The van der Waals surface area contributed by atoms with Crippen LogP contribution in [0.5, 0.6) is 0 Å². The highest BCUT2D eigenvalue weighted by atomic mass is 35.5. The number of H-pyrrole nitrogens is 1. The molecule has 6 rings (SSSR count). The van der Waals surface area contributed by atoms with Crippen molar-refractivity contribution in [1.29, 1.82) is 0 Å². The van der Waals surface area contributed by atoms with Crippen molar-refractivity contribution in [3.8, 4) is 22.8 Å². The lowest BCUT2D eigenvalue weighted by molar-refractivity contribution is 0.318. The van der Waals surface area contributed by atoms with E-state index in [0.29, 0.717) is 39.7 Å². The van der Waals surface area contributed by atoms with Gasteiger partial charge < -0.3 is 15.1 Å². The lowest BCUT2D eigenvalue weighted by Crippen LogP contribution is -2.43. The fraction of sp³-hybridized carbons (Fsp3) is 0.269. The molecule has 0 amide bonds. The van der Waals surface area contributed by atoms with E-state index in [-0.39, 0.29) is 22.4 Å². The average Bonchev–Trinajstić information content (AvgIpc) is 3.50. The molecule has 0 aliphatic carbocycles. The largest absolute Gasteiger partial charge is 0.455 e. The van der Waals surface area contributed by atoms with Gasteiger partial charge in [-0.25, -0.2) is 9.78 Å². The molecule has 0 bridgehead atoms. The third kappa shape index (κ3) is 4.19. The van der Waals surface area contributed by atoms with Crippen LogP contribution in [0.4, 0.5) is 5.69 Å². The first-order valence-electron chi connectivity index (χ1n) is 12.1. The maximum atomic E-state index is 13.5. The van der Waals surface area contributed by atoms with Crippen molar-refractivity contribution >= 4 is 28.3 Å².